The van der Waals surface area contributed by atoms with Crippen molar-refractivity contribution < 1.29 is 38.1 Å². The molecule has 12 nitrogen and oxygen atoms in total. The van der Waals surface area contributed by atoms with Gasteiger partial charge in [0.25, 0.3) is 5.91 Å². The van der Waals surface area contributed by atoms with Crippen molar-refractivity contribution in [3.8, 4) is 0 Å². The molecule has 0 unspecified atom stereocenters. The van der Waals surface area contributed by atoms with E-state index in [1.54, 1.807) is 23.2 Å². The van der Waals surface area contributed by atoms with E-state index in [2.05, 4.69) is 20.9 Å². The first-order valence-corrected chi connectivity index (χ1v) is 13.6. The van der Waals surface area contributed by atoms with Crippen LogP contribution in [0.15, 0.2) is 79.0 Å². The zero-order valence-corrected chi connectivity index (χ0v) is 23.1. The fourth-order valence-corrected chi connectivity index (χ4v) is 4.45. The predicted octanol–water partition coefficient (Wildman–Crippen LogP) is 2.43. The van der Waals surface area contributed by atoms with Crippen molar-refractivity contribution in [2.24, 2.45) is 0 Å². The Bertz CT molecular complexity index is 1400. The smallest absolute Gasteiger partial charge is 0.410 e. The number of hydrogen-bond donors (Lipinski definition) is 4. The lowest BCUT2D eigenvalue weighted by atomic mass is 10.2. The van der Waals surface area contributed by atoms with Crippen molar-refractivity contribution in [3.63, 3.8) is 0 Å². The first-order chi connectivity index (χ1) is 20.8. The molecule has 0 radical (unpaired) electrons. The van der Waals surface area contributed by atoms with E-state index in [0.717, 1.165) is 11.6 Å². The Morgan fingerprint density at radius 1 is 1.02 bits per heavy atom. The molecule has 3 aromatic rings. The Labute approximate surface area is 247 Å². The van der Waals surface area contributed by atoms with Gasteiger partial charge in [-0.15, -0.1) is 0 Å². The normalized spacial score (nSPS) is 16.6. The van der Waals surface area contributed by atoms with Gasteiger partial charge in [-0.1, -0.05) is 48.5 Å². The summed E-state index contributed by atoms with van der Waals surface area (Å²) in [6.07, 6.45) is 1.03. The molecule has 1 saturated heterocycles. The highest BCUT2D eigenvalue weighted by molar-refractivity contribution is 5.97. The number of nitrogens with zero attached hydrogens (tertiary/aromatic N) is 2. The molecule has 43 heavy (non-hydrogen) atoms. The molecule has 1 aliphatic rings. The van der Waals surface area contributed by atoms with Crippen LogP contribution >= 0.6 is 0 Å². The maximum atomic E-state index is 13.9. The van der Waals surface area contributed by atoms with Crippen LogP contribution in [-0.2, 0) is 25.7 Å². The molecule has 1 aromatic heterocycles. The SMILES string of the molecule is O=C(CO[C@@H]1C[C@@H](CNc2ccccn2)N(C(=O)OCc2ccccc2)C1)NC[C@H](NC(=O)c1ccccc1F)C(=O)O. The molecule has 226 valence electrons. The molecule has 0 spiro atoms. The van der Waals surface area contributed by atoms with Crippen LogP contribution in [0.1, 0.15) is 22.3 Å². The number of anilines is 1. The van der Waals surface area contributed by atoms with Crippen LogP contribution in [0.2, 0.25) is 0 Å². The van der Waals surface area contributed by atoms with Crippen molar-refractivity contribution in [2.75, 3.05) is 31.6 Å². The topological polar surface area (TPSA) is 159 Å². The first-order valence-electron chi connectivity index (χ1n) is 13.6. The van der Waals surface area contributed by atoms with Crippen molar-refractivity contribution >= 4 is 29.7 Å². The average molecular weight is 594 g/mol. The van der Waals surface area contributed by atoms with Gasteiger partial charge in [0, 0.05) is 19.3 Å². The third kappa shape index (κ3) is 9.23. The minimum Gasteiger partial charge on any atom is -0.480 e. The number of carbonyl (C=O) groups excluding carboxylic acids is 3. The molecule has 4 N–H and O–H groups in total. The van der Waals surface area contributed by atoms with Gasteiger partial charge >= 0.3 is 12.1 Å². The minimum absolute atomic E-state index is 0.0999. The summed E-state index contributed by atoms with van der Waals surface area (Å²) in [6, 6.07) is 18.0. The number of hydrogen-bond acceptors (Lipinski definition) is 8. The average Bonchev–Trinajstić information content (AvgIpc) is 3.44. The summed E-state index contributed by atoms with van der Waals surface area (Å²) in [5, 5.41) is 17.3. The second kappa shape index (κ2) is 15.3. The van der Waals surface area contributed by atoms with E-state index in [0.29, 0.717) is 18.8 Å². The van der Waals surface area contributed by atoms with Gasteiger partial charge in [-0.3, -0.25) is 9.59 Å². The number of carboxylic acid groups (broad SMARTS) is 1. The Morgan fingerprint density at radius 3 is 2.49 bits per heavy atom. The summed E-state index contributed by atoms with van der Waals surface area (Å²) >= 11 is 0. The molecule has 2 aromatic carbocycles. The summed E-state index contributed by atoms with van der Waals surface area (Å²) in [7, 11) is 0. The van der Waals surface area contributed by atoms with E-state index in [4.69, 9.17) is 9.47 Å². The Balaban J connectivity index is 1.29. The van der Waals surface area contributed by atoms with Crippen molar-refractivity contribution in [1.29, 1.82) is 0 Å². The fourth-order valence-electron chi connectivity index (χ4n) is 4.45. The van der Waals surface area contributed by atoms with Gasteiger partial charge in [0.2, 0.25) is 5.91 Å². The maximum absolute atomic E-state index is 13.9. The summed E-state index contributed by atoms with van der Waals surface area (Å²) in [6.45, 7) is -0.220. The largest absolute Gasteiger partial charge is 0.480 e. The van der Waals surface area contributed by atoms with Crippen LogP contribution in [0, 0.1) is 5.82 Å². The number of nitrogens with one attached hydrogen (secondary N) is 3. The monoisotopic (exact) mass is 593 g/mol. The van der Waals surface area contributed by atoms with Crippen LogP contribution in [0.3, 0.4) is 0 Å². The second-order valence-corrected chi connectivity index (χ2v) is 9.76. The predicted molar refractivity (Wildman–Crippen MR) is 153 cm³/mol. The van der Waals surface area contributed by atoms with Crippen LogP contribution in [0.5, 0.6) is 0 Å². The molecule has 1 fully saturated rings. The Hall–Kier alpha value is -5.04. The molecule has 3 amide bonds. The van der Waals surface area contributed by atoms with Crippen LogP contribution in [0.25, 0.3) is 0 Å². The lowest BCUT2D eigenvalue weighted by molar-refractivity contribution is -0.139. The molecule has 4 rings (SSSR count). The summed E-state index contributed by atoms with van der Waals surface area (Å²) in [5.74, 6) is -3.12. The summed E-state index contributed by atoms with van der Waals surface area (Å²) in [5.41, 5.74) is 0.524. The molecule has 13 heteroatoms. The number of halogens is 1. The van der Waals surface area contributed by atoms with Crippen LogP contribution in [0.4, 0.5) is 15.0 Å². The number of aromatic nitrogens is 1. The van der Waals surface area contributed by atoms with E-state index in [1.807, 2.05) is 36.4 Å². The number of rotatable bonds is 13. The molecule has 0 bridgehead atoms. The molecule has 1 aliphatic heterocycles. The fraction of sp³-hybridized carbons (Fsp3) is 0.300. The number of benzene rings is 2. The van der Waals surface area contributed by atoms with E-state index >= 15 is 0 Å². The van der Waals surface area contributed by atoms with Gasteiger partial charge in [-0.25, -0.2) is 19.0 Å². The molecule has 2 heterocycles. The number of pyridine rings is 1. The summed E-state index contributed by atoms with van der Waals surface area (Å²) in [4.78, 5) is 55.2. The Kier molecular flexibility index (Phi) is 11.0. The van der Waals surface area contributed by atoms with Crippen molar-refractivity contribution in [1.82, 2.24) is 20.5 Å². The van der Waals surface area contributed by atoms with E-state index in [-0.39, 0.29) is 24.8 Å². The number of carboxylic acids is 1. The zero-order valence-electron chi connectivity index (χ0n) is 23.1. The zero-order chi connectivity index (χ0) is 30.6. The van der Waals surface area contributed by atoms with Gasteiger partial charge in [0.15, 0.2) is 0 Å². The van der Waals surface area contributed by atoms with Crippen LogP contribution < -0.4 is 16.0 Å². The van der Waals surface area contributed by atoms with E-state index in [1.165, 1.54) is 18.2 Å². The number of carbonyl (C=O) groups is 4. The molecule has 0 saturated carbocycles. The highest BCUT2D eigenvalue weighted by Gasteiger charge is 2.37. The number of ether oxygens (including phenoxy) is 2. The summed E-state index contributed by atoms with van der Waals surface area (Å²) < 4.78 is 25.2. The van der Waals surface area contributed by atoms with Gasteiger partial charge in [0.05, 0.1) is 24.3 Å². The number of amides is 3. The quantitative estimate of drug-likeness (QED) is 0.234. The number of likely N-dealkylation sites (tertiary alicyclic amines) is 1. The van der Waals surface area contributed by atoms with Gasteiger partial charge in [-0.05, 0) is 36.2 Å². The molecule has 0 aliphatic carbocycles. The molecule has 3 atom stereocenters. The van der Waals surface area contributed by atoms with Crippen molar-refractivity contribution in [2.45, 2.75) is 31.2 Å². The minimum atomic E-state index is -1.50. The Morgan fingerprint density at radius 2 is 1.77 bits per heavy atom. The van der Waals surface area contributed by atoms with E-state index < -0.39 is 55.0 Å². The highest BCUT2D eigenvalue weighted by Crippen LogP contribution is 2.22. The first kappa shape index (κ1) is 30.9. The molecular formula is C30H32FN5O7. The van der Waals surface area contributed by atoms with E-state index in [9.17, 15) is 28.7 Å². The van der Waals surface area contributed by atoms with Gasteiger partial charge in [-0.2, -0.15) is 0 Å². The van der Waals surface area contributed by atoms with Crippen LogP contribution in [-0.4, -0.2) is 83.3 Å². The van der Waals surface area contributed by atoms with Gasteiger partial charge < -0.3 is 35.4 Å². The lowest BCUT2D eigenvalue weighted by Gasteiger charge is -2.24. The third-order valence-corrected chi connectivity index (χ3v) is 6.67. The lowest BCUT2D eigenvalue weighted by Crippen LogP contribution is -2.49. The van der Waals surface area contributed by atoms with Gasteiger partial charge in [0.1, 0.15) is 30.9 Å². The second-order valence-electron chi connectivity index (χ2n) is 9.76. The van der Waals surface area contributed by atoms with Crippen molar-refractivity contribution in [3.05, 3.63) is 95.9 Å². The number of aliphatic carboxylic acids is 1. The molecular weight excluding hydrogens is 561 g/mol. The maximum Gasteiger partial charge on any atom is 0.410 e. The highest BCUT2D eigenvalue weighted by atomic mass is 19.1. The standard InChI is InChI=1S/C30H32FN5O7/c31-24-11-5-4-10-23(24)28(38)35-25(29(39)40)16-34-27(37)19-42-22-14-21(15-33-26-12-6-7-13-32-26)36(17-22)30(41)43-18-20-8-2-1-3-9-20/h1-13,21-22,25H,14-19H2,(H,32,33)(H,34,37)(H,35,38)(H,39,40)/t21-,22+,25-/m0/s1. The third-order valence-electron chi connectivity index (χ3n) is 6.67.